The van der Waals surface area contributed by atoms with Gasteiger partial charge in [-0.25, -0.2) is 0 Å². The van der Waals surface area contributed by atoms with Gasteiger partial charge in [0.25, 0.3) is 0 Å². The third-order valence-electron chi connectivity index (χ3n) is 3.61. The summed E-state index contributed by atoms with van der Waals surface area (Å²) in [5.41, 5.74) is 1.78. The number of hydrogen-bond donors (Lipinski definition) is 1. The topological polar surface area (TPSA) is 29.5 Å². The van der Waals surface area contributed by atoms with Crippen LogP contribution in [0.25, 0.3) is 0 Å². The number of benzene rings is 1. The predicted molar refractivity (Wildman–Crippen MR) is 69.4 cm³/mol. The molecule has 0 amide bonds. The zero-order valence-electron chi connectivity index (χ0n) is 10.8. The van der Waals surface area contributed by atoms with Crippen molar-refractivity contribution in [1.29, 1.82) is 0 Å². The zero-order valence-corrected chi connectivity index (χ0v) is 10.8. The molecule has 1 aliphatic rings. The summed E-state index contributed by atoms with van der Waals surface area (Å²) in [6.07, 6.45) is 5.22. The molecule has 1 N–H and O–H groups in total. The van der Waals surface area contributed by atoms with Gasteiger partial charge in [-0.2, -0.15) is 0 Å². The van der Waals surface area contributed by atoms with Gasteiger partial charge in [0.1, 0.15) is 12.4 Å². The molecule has 0 unspecified atom stereocenters. The van der Waals surface area contributed by atoms with E-state index < -0.39 is 5.60 Å². The minimum absolute atomic E-state index is 0.427. The molecular formula is C15H22O2. The SMILES string of the molecule is Cc1ccc(OCC2(O)CCCCC2)c(C)c1. The van der Waals surface area contributed by atoms with Gasteiger partial charge in [0.2, 0.25) is 0 Å². The molecule has 0 aromatic heterocycles. The van der Waals surface area contributed by atoms with Gasteiger partial charge in [0, 0.05) is 0 Å². The molecular weight excluding hydrogens is 212 g/mol. The molecule has 1 aromatic rings. The Balaban J connectivity index is 1.97. The summed E-state index contributed by atoms with van der Waals surface area (Å²) in [7, 11) is 0. The van der Waals surface area contributed by atoms with Crippen LogP contribution in [0.15, 0.2) is 18.2 Å². The van der Waals surface area contributed by atoms with Crippen LogP contribution in [-0.2, 0) is 0 Å². The van der Waals surface area contributed by atoms with E-state index in [1.54, 1.807) is 0 Å². The van der Waals surface area contributed by atoms with Gasteiger partial charge in [-0.1, -0.05) is 37.0 Å². The first-order chi connectivity index (χ1) is 8.09. The second-order valence-corrected chi connectivity index (χ2v) is 5.34. The molecule has 0 radical (unpaired) electrons. The maximum absolute atomic E-state index is 10.4. The summed E-state index contributed by atoms with van der Waals surface area (Å²) in [4.78, 5) is 0. The van der Waals surface area contributed by atoms with Gasteiger partial charge in [-0.15, -0.1) is 0 Å². The second kappa shape index (κ2) is 5.09. The first kappa shape index (κ1) is 12.4. The standard InChI is InChI=1S/C15H22O2/c1-12-6-7-14(13(2)10-12)17-11-15(16)8-4-3-5-9-15/h6-7,10,16H,3-5,8-9,11H2,1-2H3. The number of aliphatic hydroxyl groups is 1. The van der Waals surface area contributed by atoms with Gasteiger partial charge in [-0.05, 0) is 38.3 Å². The van der Waals surface area contributed by atoms with Crippen LogP contribution in [0.2, 0.25) is 0 Å². The van der Waals surface area contributed by atoms with Gasteiger partial charge in [0.15, 0.2) is 0 Å². The molecule has 1 fully saturated rings. The molecule has 0 bridgehead atoms. The number of aryl methyl sites for hydroxylation is 2. The molecule has 0 saturated heterocycles. The van der Waals surface area contributed by atoms with Crippen molar-refractivity contribution < 1.29 is 9.84 Å². The van der Waals surface area contributed by atoms with Gasteiger partial charge in [-0.3, -0.25) is 0 Å². The molecule has 0 atom stereocenters. The minimum atomic E-state index is -0.602. The molecule has 0 aliphatic heterocycles. The smallest absolute Gasteiger partial charge is 0.122 e. The molecule has 1 saturated carbocycles. The van der Waals surface area contributed by atoms with Crippen molar-refractivity contribution in [2.45, 2.75) is 51.6 Å². The molecule has 2 heteroatoms. The van der Waals surface area contributed by atoms with E-state index in [2.05, 4.69) is 13.0 Å². The average molecular weight is 234 g/mol. The Morgan fingerprint density at radius 3 is 2.53 bits per heavy atom. The van der Waals surface area contributed by atoms with Crippen LogP contribution in [0.3, 0.4) is 0 Å². The summed E-state index contributed by atoms with van der Waals surface area (Å²) < 4.78 is 5.78. The summed E-state index contributed by atoms with van der Waals surface area (Å²) in [6, 6.07) is 6.16. The van der Waals surface area contributed by atoms with E-state index in [-0.39, 0.29) is 0 Å². The molecule has 0 heterocycles. The first-order valence-electron chi connectivity index (χ1n) is 6.52. The van der Waals surface area contributed by atoms with Crippen molar-refractivity contribution in [3.63, 3.8) is 0 Å². The van der Waals surface area contributed by atoms with Crippen LogP contribution in [0, 0.1) is 13.8 Å². The normalized spacial score (nSPS) is 19.0. The Bertz CT molecular complexity index is 379. The van der Waals surface area contributed by atoms with E-state index in [0.717, 1.165) is 37.0 Å². The Kier molecular flexibility index (Phi) is 3.72. The highest BCUT2D eigenvalue weighted by atomic mass is 16.5. The lowest BCUT2D eigenvalue weighted by Gasteiger charge is -2.31. The highest BCUT2D eigenvalue weighted by molar-refractivity contribution is 5.35. The average Bonchev–Trinajstić information content (AvgIpc) is 2.29. The van der Waals surface area contributed by atoms with Gasteiger partial charge < -0.3 is 9.84 Å². The number of rotatable bonds is 3. The molecule has 1 aromatic carbocycles. The van der Waals surface area contributed by atoms with E-state index in [9.17, 15) is 5.11 Å². The lowest BCUT2D eigenvalue weighted by atomic mass is 9.85. The van der Waals surface area contributed by atoms with E-state index in [1.807, 2.05) is 19.1 Å². The Morgan fingerprint density at radius 2 is 1.88 bits per heavy atom. The summed E-state index contributed by atoms with van der Waals surface area (Å²) >= 11 is 0. The highest BCUT2D eigenvalue weighted by Crippen LogP contribution is 2.29. The highest BCUT2D eigenvalue weighted by Gasteiger charge is 2.30. The monoisotopic (exact) mass is 234 g/mol. The molecule has 2 nitrogen and oxygen atoms in total. The number of hydrogen-bond acceptors (Lipinski definition) is 2. The lowest BCUT2D eigenvalue weighted by Crippen LogP contribution is -2.38. The maximum atomic E-state index is 10.4. The molecule has 94 valence electrons. The van der Waals surface area contributed by atoms with Crippen LogP contribution < -0.4 is 4.74 Å². The van der Waals surface area contributed by atoms with Crippen molar-refractivity contribution in [3.8, 4) is 5.75 Å². The fourth-order valence-electron chi connectivity index (χ4n) is 2.53. The Morgan fingerprint density at radius 1 is 1.18 bits per heavy atom. The van der Waals surface area contributed by atoms with Crippen LogP contribution in [0.5, 0.6) is 5.75 Å². The summed E-state index contributed by atoms with van der Waals surface area (Å²) in [6.45, 7) is 4.55. The van der Waals surface area contributed by atoms with Crippen LogP contribution in [0.1, 0.15) is 43.2 Å². The minimum Gasteiger partial charge on any atom is -0.490 e. The second-order valence-electron chi connectivity index (χ2n) is 5.34. The van der Waals surface area contributed by atoms with Crippen LogP contribution >= 0.6 is 0 Å². The molecule has 1 aliphatic carbocycles. The molecule has 17 heavy (non-hydrogen) atoms. The van der Waals surface area contributed by atoms with E-state index >= 15 is 0 Å². The van der Waals surface area contributed by atoms with Crippen molar-refractivity contribution in [2.24, 2.45) is 0 Å². The molecule has 0 spiro atoms. The molecule has 2 rings (SSSR count). The quantitative estimate of drug-likeness (QED) is 0.868. The fourth-order valence-corrected chi connectivity index (χ4v) is 2.53. The Hall–Kier alpha value is -1.02. The first-order valence-corrected chi connectivity index (χ1v) is 6.52. The Labute approximate surface area is 104 Å². The number of ether oxygens (including phenoxy) is 1. The third-order valence-corrected chi connectivity index (χ3v) is 3.61. The van der Waals surface area contributed by atoms with Crippen molar-refractivity contribution >= 4 is 0 Å². The van der Waals surface area contributed by atoms with Gasteiger partial charge in [0.05, 0.1) is 5.60 Å². The largest absolute Gasteiger partial charge is 0.490 e. The van der Waals surface area contributed by atoms with Gasteiger partial charge >= 0.3 is 0 Å². The van der Waals surface area contributed by atoms with E-state index in [0.29, 0.717) is 6.61 Å². The van der Waals surface area contributed by atoms with Crippen molar-refractivity contribution in [1.82, 2.24) is 0 Å². The fraction of sp³-hybridized carbons (Fsp3) is 0.600. The van der Waals surface area contributed by atoms with Crippen LogP contribution in [-0.4, -0.2) is 17.3 Å². The zero-order chi connectivity index (χ0) is 12.3. The third kappa shape index (κ3) is 3.22. The van der Waals surface area contributed by atoms with Crippen molar-refractivity contribution in [3.05, 3.63) is 29.3 Å². The van der Waals surface area contributed by atoms with Crippen molar-refractivity contribution in [2.75, 3.05) is 6.61 Å². The summed E-state index contributed by atoms with van der Waals surface area (Å²) in [5, 5.41) is 10.4. The maximum Gasteiger partial charge on any atom is 0.122 e. The van der Waals surface area contributed by atoms with Crippen LogP contribution in [0.4, 0.5) is 0 Å². The summed E-state index contributed by atoms with van der Waals surface area (Å²) in [5.74, 6) is 0.898. The van der Waals surface area contributed by atoms with E-state index in [1.165, 1.54) is 12.0 Å². The predicted octanol–water partition coefficient (Wildman–Crippen LogP) is 3.38. The van der Waals surface area contributed by atoms with E-state index in [4.69, 9.17) is 4.74 Å². The lowest BCUT2D eigenvalue weighted by molar-refractivity contribution is -0.0340.